The first-order valence-corrected chi connectivity index (χ1v) is 8.87. The van der Waals surface area contributed by atoms with Crippen molar-refractivity contribution < 1.29 is 13.0 Å². The fourth-order valence-electron chi connectivity index (χ4n) is 3.62. The second-order valence-corrected chi connectivity index (χ2v) is 7.37. The van der Waals surface area contributed by atoms with Crippen molar-refractivity contribution in [2.24, 2.45) is 5.92 Å². The standard InChI is InChI=1S/C17H20O3S/c1-12-6-2-4-8-14(12)17-15-9-5-3-7-13(15)10-11-16(17)21(18,19)20/h3,5,7,9-12,14H,2,4,6,8H2,1H3,(H,18,19,20)/p-1. The summed E-state index contributed by atoms with van der Waals surface area (Å²) in [6.45, 7) is 2.16. The first-order valence-electron chi connectivity index (χ1n) is 7.46. The van der Waals surface area contributed by atoms with Gasteiger partial charge in [0.1, 0.15) is 10.1 Å². The van der Waals surface area contributed by atoms with Crippen LogP contribution >= 0.6 is 0 Å². The fourth-order valence-corrected chi connectivity index (χ4v) is 4.39. The van der Waals surface area contributed by atoms with Crippen LogP contribution in [0, 0.1) is 5.92 Å². The maximum absolute atomic E-state index is 11.7. The zero-order chi connectivity index (χ0) is 15.0. The first-order chi connectivity index (χ1) is 9.98. The molecule has 1 aliphatic carbocycles. The van der Waals surface area contributed by atoms with E-state index >= 15 is 0 Å². The van der Waals surface area contributed by atoms with Gasteiger partial charge in [-0.05, 0) is 40.7 Å². The summed E-state index contributed by atoms with van der Waals surface area (Å²) >= 11 is 0. The van der Waals surface area contributed by atoms with E-state index < -0.39 is 10.1 Å². The molecule has 0 heterocycles. The lowest BCUT2D eigenvalue weighted by Gasteiger charge is -2.32. The highest BCUT2D eigenvalue weighted by atomic mass is 32.2. The summed E-state index contributed by atoms with van der Waals surface area (Å²) in [6, 6.07) is 11.0. The summed E-state index contributed by atoms with van der Waals surface area (Å²) in [5.41, 5.74) is 0.746. The molecule has 2 unspecified atom stereocenters. The molecule has 0 N–H and O–H groups in total. The molecule has 2 aromatic carbocycles. The molecule has 21 heavy (non-hydrogen) atoms. The molecular formula is C17H19O3S-. The van der Waals surface area contributed by atoms with Gasteiger partial charge in [-0.15, -0.1) is 0 Å². The van der Waals surface area contributed by atoms with E-state index in [2.05, 4.69) is 6.92 Å². The molecule has 0 bridgehead atoms. The van der Waals surface area contributed by atoms with E-state index in [1.54, 1.807) is 6.07 Å². The second-order valence-electron chi connectivity index (χ2n) is 6.02. The summed E-state index contributed by atoms with van der Waals surface area (Å²) in [7, 11) is -4.45. The van der Waals surface area contributed by atoms with Crippen LogP contribution in [0.1, 0.15) is 44.1 Å². The average Bonchev–Trinajstić information content (AvgIpc) is 2.46. The Morgan fingerprint density at radius 2 is 1.76 bits per heavy atom. The Hall–Kier alpha value is -1.39. The van der Waals surface area contributed by atoms with Gasteiger partial charge < -0.3 is 4.55 Å². The van der Waals surface area contributed by atoms with E-state index in [4.69, 9.17) is 0 Å². The van der Waals surface area contributed by atoms with Crippen molar-refractivity contribution in [2.75, 3.05) is 0 Å². The normalized spacial score (nSPS) is 23.3. The third-order valence-corrected chi connectivity index (χ3v) is 5.58. The third-order valence-electron chi connectivity index (χ3n) is 4.68. The summed E-state index contributed by atoms with van der Waals surface area (Å²) in [5.74, 6) is 0.564. The number of hydrogen-bond acceptors (Lipinski definition) is 3. The van der Waals surface area contributed by atoms with Crippen LogP contribution in [0.2, 0.25) is 0 Å². The minimum atomic E-state index is -4.45. The van der Waals surface area contributed by atoms with Crippen molar-refractivity contribution in [3.05, 3.63) is 42.0 Å². The van der Waals surface area contributed by atoms with Gasteiger partial charge in [0.2, 0.25) is 0 Å². The van der Waals surface area contributed by atoms with Crippen molar-refractivity contribution in [3.8, 4) is 0 Å². The van der Waals surface area contributed by atoms with Crippen LogP contribution in [0.5, 0.6) is 0 Å². The number of rotatable bonds is 2. The lowest BCUT2D eigenvalue weighted by molar-refractivity contribution is 0.328. The fraction of sp³-hybridized carbons (Fsp3) is 0.412. The van der Waals surface area contributed by atoms with Crippen LogP contribution in [-0.2, 0) is 10.1 Å². The molecule has 2 atom stereocenters. The van der Waals surface area contributed by atoms with Crippen LogP contribution in [-0.4, -0.2) is 13.0 Å². The third kappa shape index (κ3) is 2.70. The topological polar surface area (TPSA) is 57.2 Å². The van der Waals surface area contributed by atoms with Gasteiger partial charge in [-0.3, -0.25) is 0 Å². The van der Waals surface area contributed by atoms with Gasteiger partial charge in [0, 0.05) is 0 Å². The monoisotopic (exact) mass is 303 g/mol. The SMILES string of the molecule is CC1CCCCC1c1c(S(=O)(=O)[O-])ccc2ccccc12. The molecular weight excluding hydrogens is 284 g/mol. The lowest BCUT2D eigenvalue weighted by atomic mass is 9.75. The zero-order valence-corrected chi connectivity index (χ0v) is 12.9. The summed E-state index contributed by atoms with van der Waals surface area (Å²) in [4.78, 5) is -0.0278. The van der Waals surface area contributed by atoms with Gasteiger partial charge in [-0.25, -0.2) is 8.42 Å². The van der Waals surface area contributed by atoms with Crippen LogP contribution in [0.15, 0.2) is 41.3 Å². The van der Waals surface area contributed by atoms with Crippen molar-refractivity contribution in [3.63, 3.8) is 0 Å². The van der Waals surface area contributed by atoms with Gasteiger partial charge in [-0.2, -0.15) is 0 Å². The second kappa shape index (κ2) is 5.43. The van der Waals surface area contributed by atoms with Gasteiger partial charge >= 0.3 is 0 Å². The average molecular weight is 303 g/mol. The zero-order valence-electron chi connectivity index (χ0n) is 12.1. The van der Waals surface area contributed by atoms with Crippen LogP contribution < -0.4 is 0 Å². The highest BCUT2D eigenvalue weighted by Crippen LogP contribution is 2.43. The minimum absolute atomic E-state index is 0.0278. The molecule has 3 nitrogen and oxygen atoms in total. The Morgan fingerprint density at radius 1 is 1.05 bits per heavy atom. The maximum atomic E-state index is 11.7. The predicted octanol–water partition coefficient (Wildman–Crippen LogP) is 4.04. The van der Waals surface area contributed by atoms with Gasteiger partial charge in [0.15, 0.2) is 0 Å². The Morgan fingerprint density at radius 3 is 2.48 bits per heavy atom. The Bertz CT molecular complexity index is 765. The molecule has 4 heteroatoms. The van der Waals surface area contributed by atoms with Crippen LogP contribution in [0.3, 0.4) is 0 Å². The lowest BCUT2D eigenvalue weighted by Crippen LogP contribution is -2.18. The Balaban J connectivity index is 2.30. The molecule has 0 aliphatic heterocycles. The van der Waals surface area contributed by atoms with E-state index in [0.717, 1.165) is 35.6 Å². The molecule has 0 saturated heterocycles. The van der Waals surface area contributed by atoms with Gasteiger partial charge in [-0.1, -0.05) is 56.5 Å². The summed E-state index contributed by atoms with van der Waals surface area (Å²) in [5, 5.41) is 1.91. The molecule has 1 saturated carbocycles. The molecule has 2 aromatic rings. The number of benzene rings is 2. The minimum Gasteiger partial charge on any atom is -0.744 e. The molecule has 1 fully saturated rings. The highest BCUT2D eigenvalue weighted by molar-refractivity contribution is 7.85. The maximum Gasteiger partial charge on any atom is 0.124 e. The van der Waals surface area contributed by atoms with Crippen molar-refractivity contribution >= 4 is 20.9 Å². The van der Waals surface area contributed by atoms with Crippen molar-refractivity contribution in [1.82, 2.24) is 0 Å². The Labute approximate surface area is 125 Å². The molecule has 3 rings (SSSR count). The van der Waals surface area contributed by atoms with E-state index in [0.29, 0.717) is 5.92 Å². The summed E-state index contributed by atoms with van der Waals surface area (Å²) < 4.78 is 35.1. The molecule has 0 spiro atoms. The van der Waals surface area contributed by atoms with E-state index in [1.165, 1.54) is 12.5 Å². The van der Waals surface area contributed by atoms with E-state index in [-0.39, 0.29) is 10.8 Å². The summed E-state index contributed by atoms with van der Waals surface area (Å²) in [6.07, 6.45) is 4.32. The molecule has 1 aliphatic rings. The molecule has 0 radical (unpaired) electrons. The van der Waals surface area contributed by atoms with Gasteiger partial charge in [0.25, 0.3) is 0 Å². The van der Waals surface area contributed by atoms with E-state index in [1.807, 2.05) is 24.3 Å². The van der Waals surface area contributed by atoms with Crippen LogP contribution in [0.4, 0.5) is 0 Å². The largest absolute Gasteiger partial charge is 0.744 e. The van der Waals surface area contributed by atoms with Crippen molar-refractivity contribution in [2.45, 2.75) is 43.4 Å². The number of fused-ring (bicyclic) bond motifs is 1. The van der Waals surface area contributed by atoms with Crippen molar-refractivity contribution in [1.29, 1.82) is 0 Å². The predicted molar refractivity (Wildman–Crippen MR) is 82.3 cm³/mol. The number of hydrogen-bond donors (Lipinski definition) is 0. The Kier molecular flexibility index (Phi) is 3.76. The smallest absolute Gasteiger partial charge is 0.124 e. The van der Waals surface area contributed by atoms with E-state index in [9.17, 15) is 13.0 Å². The molecule has 0 aromatic heterocycles. The highest BCUT2D eigenvalue weighted by Gasteiger charge is 2.28. The molecule has 112 valence electrons. The van der Waals surface area contributed by atoms with Crippen LogP contribution in [0.25, 0.3) is 10.8 Å². The molecule has 0 amide bonds. The quantitative estimate of drug-likeness (QED) is 0.787. The first kappa shape index (κ1) is 14.5. The van der Waals surface area contributed by atoms with Gasteiger partial charge in [0.05, 0.1) is 4.90 Å².